The average molecular weight is 259 g/mol. The Morgan fingerprint density at radius 3 is 2.63 bits per heavy atom. The van der Waals surface area contributed by atoms with E-state index >= 15 is 0 Å². The molecule has 0 saturated heterocycles. The van der Waals surface area contributed by atoms with E-state index in [0.717, 1.165) is 11.3 Å². The largest absolute Gasteiger partial charge is 0.496 e. The molecule has 1 aromatic heterocycles. The fourth-order valence-corrected chi connectivity index (χ4v) is 1.82. The van der Waals surface area contributed by atoms with E-state index in [0.29, 0.717) is 11.8 Å². The van der Waals surface area contributed by atoms with E-state index in [4.69, 9.17) is 9.47 Å². The number of hydrogen-bond donors (Lipinski definition) is 1. The molecule has 2 rings (SSSR count). The summed E-state index contributed by atoms with van der Waals surface area (Å²) < 4.78 is 10.4. The fraction of sp³-hybridized carbons (Fsp3) is 0.286. The van der Waals surface area contributed by atoms with Crippen molar-refractivity contribution >= 4 is 5.95 Å². The lowest BCUT2D eigenvalue weighted by Crippen LogP contribution is -2.10. The Labute approximate surface area is 112 Å². The summed E-state index contributed by atoms with van der Waals surface area (Å²) in [5.74, 6) is 1.90. The third-order valence-corrected chi connectivity index (χ3v) is 2.79. The molecule has 2 aromatic rings. The Kier molecular flexibility index (Phi) is 4.18. The van der Waals surface area contributed by atoms with Gasteiger partial charge in [-0.1, -0.05) is 18.2 Å². The van der Waals surface area contributed by atoms with Crippen LogP contribution in [0.3, 0.4) is 0 Å². The second kappa shape index (κ2) is 6.04. The molecule has 0 spiro atoms. The van der Waals surface area contributed by atoms with E-state index in [2.05, 4.69) is 15.3 Å². The van der Waals surface area contributed by atoms with Crippen LogP contribution in [0, 0.1) is 0 Å². The van der Waals surface area contributed by atoms with Crippen molar-refractivity contribution in [2.75, 3.05) is 19.5 Å². The second-order valence-electron chi connectivity index (χ2n) is 4.03. The van der Waals surface area contributed by atoms with E-state index in [1.807, 2.05) is 31.2 Å². The molecule has 19 heavy (non-hydrogen) atoms. The minimum atomic E-state index is 0.0308. The standard InChI is InChI=1S/C14H17N3O2/c1-10(11-6-4-5-7-12(11)18-2)16-14-15-9-8-13(17-14)19-3/h4-10H,1-3H3,(H,15,16,17)/t10-/m1/s1. The third-order valence-electron chi connectivity index (χ3n) is 2.79. The van der Waals surface area contributed by atoms with Crippen LogP contribution < -0.4 is 14.8 Å². The van der Waals surface area contributed by atoms with Gasteiger partial charge >= 0.3 is 0 Å². The van der Waals surface area contributed by atoms with Crippen LogP contribution in [-0.2, 0) is 0 Å². The molecule has 0 aliphatic rings. The lowest BCUT2D eigenvalue weighted by atomic mass is 10.1. The predicted molar refractivity (Wildman–Crippen MR) is 73.6 cm³/mol. The van der Waals surface area contributed by atoms with Gasteiger partial charge in [-0.3, -0.25) is 0 Å². The molecular weight excluding hydrogens is 242 g/mol. The van der Waals surface area contributed by atoms with Crippen molar-refractivity contribution in [3.8, 4) is 11.6 Å². The first-order valence-corrected chi connectivity index (χ1v) is 6.01. The van der Waals surface area contributed by atoms with Crippen LogP contribution in [0.2, 0.25) is 0 Å². The Balaban J connectivity index is 2.18. The number of methoxy groups -OCH3 is 2. The van der Waals surface area contributed by atoms with Crippen molar-refractivity contribution in [1.82, 2.24) is 9.97 Å². The lowest BCUT2D eigenvalue weighted by molar-refractivity contribution is 0.397. The summed E-state index contributed by atoms with van der Waals surface area (Å²) >= 11 is 0. The molecule has 1 atom stereocenters. The number of anilines is 1. The minimum absolute atomic E-state index is 0.0308. The van der Waals surface area contributed by atoms with Crippen LogP contribution >= 0.6 is 0 Å². The first-order chi connectivity index (χ1) is 9.24. The van der Waals surface area contributed by atoms with E-state index in [1.54, 1.807) is 26.5 Å². The molecule has 0 unspecified atom stereocenters. The second-order valence-corrected chi connectivity index (χ2v) is 4.03. The van der Waals surface area contributed by atoms with Gasteiger partial charge in [-0.05, 0) is 13.0 Å². The Hall–Kier alpha value is -2.30. The highest BCUT2D eigenvalue weighted by molar-refractivity contribution is 5.40. The molecule has 0 aliphatic heterocycles. The number of para-hydroxylation sites is 1. The van der Waals surface area contributed by atoms with Gasteiger partial charge in [-0.25, -0.2) is 4.98 Å². The molecule has 0 radical (unpaired) electrons. The number of benzene rings is 1. The molecule has 100 valence electrons. The van der Waals surface area contributed by atoms with Gasteiger partial charge in [0.25, 0.3) is 0 Å². The van der Waals surface area contributed by atoms with Crippen molar-refractivity contribution < 1.29 is 9.47 Å². The number of nitrogens with one attached hydrogen (secondary N) is 1. The topological polar surface area (TPSA) is 56.3 Å². The smallest absolute Gasteiger partial charge is 0.226 e. The number of hydrogen-bond acceptors (Lipinski definition) is 5. The van der Waals surface area contributed by atoms with Crippen molar-refractivity contribution in [2.24, 2.45) is 0 Å². The predicted octanol–water partition coefficient (Wildman–Crippen LogP) is 2.67. The molecule has 1 heterocycles. The van der Waals surface area contributed by atoms with Gasteiger partial charge in [0, 0.05) is 17.8 Å². The van der Waals surface area contributed by atoms with Gasteiger partial charge in [0.1, 0.15) is 5.75 Å². The van der Waals surface area contributed by atoms with E-state index in [-0.39, 0.29) is 6.04 Å². The summed E-state index contributed by atoms with van der Waals surface area (Å²) in [5, 5.41) is 3.23. The zero-order valence-corrected chi connectivity index (χ0v) is 11.3. The molecule has 1 N–H and O–H groups in total. The van der Waals surface area contributed by atoms with Crippen molar-refractivity contribution in [2.45, 2.75) is 13.0 Å². The number of ether oxygens (including phenoxy) is 2. The number of nitrogens with zero attached hydrogens (tertiary/aromatic N) is 2. The number of rotatable bonds is 5. The maximum Gasteiger partial charge on any atom is 0.226 e. The van der Waals surface area contributed by atoms with E-state index in [9.17, 15) is 0 Å². The highest BCUT2D eigenvalue weighted by Crippen LogP contribution is 2.26. The van der Waals surface area contributed by atoms with Crippen LogP contribution in [0.5, 0.6) is 11.6 Å². The van der Waals surface area contributed by atoms with E-state index < -0.39 is 0 Å². The summed E-state index contributed by atoms with van der Waals surface area (Å²) in [6.07, 6.45) is 1.66. The highest BCUT2D eigenvalue weighted by Gasteiger charge is 2.11. The molecule has 5 heteroatoms. The zero-order valence-electron chi connectivity index (χ0n) is 11.3. The average Bonchev–Trinajstić information content (AvgIpc) is 2.47. The summed E-state index contributed by atoms with van der Waals surface area (Å²) in [6, 6.07) is 9.60. The SMILES string of the molecule is COc1ccnc(N[C@H](C)c2ccccc2OC)n1. The first kappa shape index (κ1) is 13.1. The van der Waals surface area contributed by atoms with Crippen molar-refractivity contribution in [3.63, 3.8) is 0 Å². The van der Waals surface area contributed by atoms with Crippen LogP contribution in [-0.4, -0.2) is 24.2 Å². The summed E-state index contributed by atoms with van der Waals surface area (Å²) in [7, 11) is 3.24. The van der Waals surface area contributed by atoms with Gasteiger partial charge in [0.15, 0.2) is 0 Å². The minimum Gasteiger partial charge on any atom is -0.496 e. The first-order valence-electron chi connectivity index (χ1n) is 6.01. The quantitative estimate of drug-likeness (QED) is 0.894. The fourth-order valence-electron chi connectivity index (χ4n) is 1.82. The summed E-state index contributed by atoms with van der Waals surface area (Å²) in [6.45, 7) is 2.03. The van der Waals surface area contributed by atoms with Crippen LogP contribution in [0.1, 0.15) is 18.5 Å². The Morgan fingerprint density at radius 1 is 1.11 bits per heavy atom. The van der Waals surface area contributed by atoms with E-state index in [1.165, 1.54) is 0 Å². The Morgan fingerprint density at radius 2 is 1.89 bits per heavy atom. The van der Waals surface area contributed by atoms with Crippen molar-refractivity contribution in [3.05, 3.63) is 42.1 Å². The molecule has 0 amide bonds. The number of aromatic nitrogens is 2. The molecule has 0 saturated carbocycles. The van der Waals surface area contributed by atoms with Gasteiger partial charge < -0.3 is 14.8 Å². The third kappa shape index (κ3) is 3.13. The van der Waals surface area contributed by atoms with Gasteiger partial charge in [0.2, 0.25) is 11.8 Å². The summed E-state index contributed by atoms with van der Waals surface area (Å²) in [4.78, 5) is 8.39. The lowest BCUT2D eigenvalue weighted by Gasteiger charge is -2.17. The molecule has 0 aliphatic carbocycles. The highest BCUT2D eigenvalue weighted by atomic mass is 16.5. The molecular formula is C14H17N3O2. The normalized spacial score (nSPS) is 11.7. The van der Waals surface area contributed by atoms with Gasteiger partial charge in [-0.15, -0.1) is 0 Å². The van der Waals surface area contributed by atoms with Crippen LogP contribution in [0.15, 0.2) is 36.5 Å². The maximum absolute atomic E-state index is 5.34. The molecule has 5 nitrogen and oxygen atoms in total. The molecule has 0 bridgehead atoms. The zero-order chi connectivity index (χ0) is 13.7. The molecule has 1 aromatic carbocycles. The van der Waals surface area contributed by atoms with Gasteiger partial charge in [0.05, 0.1) is 20.3 Å². The van der Waals surface area contributed by atoms with Crippen molar-refractivity contribution in [1.29, 1.82) is 0 Å². The van der Waals surface area contributed by atoms with Gasteiger partial charge in [-0.2, -0.15) is 4.98 Å². The monoisotopic (exact) mass is 259 g/mol. The van der Waals surface area contributed by atoms with Crippen LogP contribution in [0.25, 0.3) is 0 Å². The molecule has 0 fully saturated rings. The van der Waals surface area contributed by atoms with Crippen LogP contribution in [0.4, 0.5) is 5.95 Å². The summed E-state index contributed by atoms with van der Waals surface area (Å²) in [5.41, 5.74) is 1.05. The Bertz CT molecular complexity index is 546. The maximum atomic E-state index is 5.34.